The van der Waals surface area contributed by atoms with E-state index in [-0.39, 0.29) is 11.8 Å². The number of aromatic nitrogens is 4. The van der Waals surface area contributed by atoms with Crippen molar-refractivity contribution in [2.45, 2.75) is 32.9 Å². The zero-order valence-corrected chi connectivity index (χ0v) is 18.1. The van der Waals surface area contributed by atoms with E-state index in [1.807, 2.05) is 74.5 Å². The van der Waals surface area contributed by atoms with Crippen LogP contribution in [0.5, 0.6) is 5.75 Å². The number of hydrogen-bond donors (Lipinski definition) is 1. The molecule has 1 aromatic carbocycles. The summed E-state index contributed by atoms with van der Waals surface area (Å²) in [5, 5.41) is 7.40. The molecule has 0 aliphatic rings. The summed E-state index contributed by atoms with van der Waals surface area (Å²) in [5.74, 6) is 1.39. The van der Waals surface area contributed by atoms with Crippen LogP contribution >= 0.6 is 0 Å². The summed E-state index contributed by atoms with van der Waals surface area (Å²) in [7, 11) is 0. The lowest BCUT2D eigenvalue weighted by Gasteiger charge is -2.12. The van der Waals surface area contributed by atoms with Gasteiger partial charge in [-0.25, -0.2) is 9.67 Å². The average molecular weight is 428 g/mol. The van der Waals surface area contributed by atoms with Crippen molar-refractivity contribution in [1.82, 2.24) is 25.1 Å². The standard InChI is InChI=1S/C25H25N5O2/c1-18(2)24-22(16-29-30(24)23-8-4-6-14-27-23)25(31)28-15-19-9-11-21(12-10-19)32-17-20-7-3-5-13-26-20/h3-14,16,18H,15,17H2,1-2H3,(H,28,31). The minimum Gasteiger partial charge on any atom is -0.487 e. The maximum absolute atomic E-state index is 12.9. The first kappa shape index (κ1) is 21.2. The van der Waals surface area contributed by atoms with Crippen LogP contribution in [0, 0.1) is 0 Å². The number of rotatable bonds is 8. The molecule has 3 aromatic heterocycles. The lowest BCUT2D eigenvalue weighted by molar-refractivity contribution is 0.0949. The Morgan fingerprint density at radius 2 is 1.75 bits per heavy atom. The van der Waals surface area contributed by atoms with E-state index in [9.17, 15) is 4.79 Å². The fraction of sp³-hybridized carbons (Fsp3) is 0.200. The largest absolute Gasteiger partial charge is 0.487 e. The summed E-state index contributed by atoms with van der Waals surface area (Å²) < 4.78 is 7.49. The Kier molecular flexibility index (Phi) is 6.55. The van der Waals surface area contributed by atoms with Crippen molar-refractivity contribution in [3.63, 3.8) is 0 Å². The van der Waals surface area contributed by atoms with E-state index in [1.165, 1.54) is 0 Å². The van der Waals surface area contributed by atoms with E-state index in [2.05, 4.69) is 20.4 Å². The Morgan fingerprint density at radius 1 is 1.00 bits per heavy atom. The molecule has 32 heavy (non-hydrogen) atoms. The minimum atomic E-state index is -0.161. The van der Waals surface area contributed by atoms with Crippen LogP contribution in [-0.2, 0) is 13.2 Å². The number of pyridine rings is 2. The minimum absolute atomic E-state index is 0.107. The molecule has 4 aromatic rings. The molecule has 7 nitrogen and oxygen atoms in total. The second-order valence-electron chi connectivity index (χ2n) is 7.63. The van der Waals surface area contributed by atoms with Crippen LogP contribution in [0.4, 0.5) is 0 Å². The van der Waals surface area contributed by atoms with Gasteiger partial charge in [0.2, 0.25) is 0 Å². The third-order valence-corrected chi connectivity index (χ3v) is 4.95. The Morgan fingerprint density at radius 3 is 2.41 bits per heavy atom. The number of nitrogens with zero attached hydrogens (tertiary/aromatic N) is 4. The van der Waals surface area contributed by atoms with Gasteiger partial charge in [-0.15, -0.1) is 0 Å². The quantitative estimate of drug-likeness (QED) is 0.454. The van der Waals surface area contributed by atoms with Gasteiger partial charge in [-0.2, -0.15) is 5.10 Å². The molecule has 0 aliphatic carbocycles. The predicted octanol–water partition coefficient (Wildman–Crippen LogP) is 4.29. The van der Waals surface area contributed by atoms with Gasteiger partial charge in [0.15, 0.2) is 5.82 Å². The smallest absolute Gasteiger partial charge is 0.255 e. The molecular weight excluding hydrogens is 402 g/mol. The molecule has 0 unspecified atom stereocenters. The zero-order chi connectivity index (χ0) is 22.3. The number of ether oxygens (including phenoxy) is 1. The van der Waals surface area contributed by atoms with Crippen molar-refractivity contribution in [3.8, 4) is 11.6 Å². The second-order valence-corrected chi connectivity index (χ2v) is 7.63. The molecule has 4 rings (SSSR count). The summed E-state index contributed by atoms with van der Waals surface area (Å²) in [6.45, 7) is 4.90. The SMILES string of the molecule is CC(C)c1c(C(=O)NCc2ccc(OCc3ccccn3)cc2)cnn1-c1ccccn1. The van der Waals surface area contributed by atoms with Gasteiger partial charge in [-0.3, -0.25) is 9.78 Å². The van der Waals surface area contributed by atoms with Crippen LogP contribution in [0.1, 0.15) is 47.1 Å². The molecule has 7 heteroatoms. The zero-order valence-electron chi connectivity index (χ0n) is 18.1. The summed E-state index contributed by atoms with van der Waals surface area (Å²) >= 11 is 0. The van der Waals surface area contributed by atoms with E-state index >= 15 is 0 Å². The second kappa shape index (κ2) is 9.87. The van der Waals surface area contributed by atoms with Gasteiger partial charge >= 0.3 is 0 Å². The molecule has 0 atom stereocenters. The van der Waals surface area contributed by atoms with Crippen molar-refractivity contribution in [2.75, 3.05) is 0 Å². The third kappa shape index (κ3) is 5.00. The maximum Gasteiger partial charge on any atom is 0.255 e. The number of benzene rings is 1. The fourth-order valence-electron chi connectivity index (χ4n) is 3.37. The van der Waals surface area contributed by atoms with E-state index < -0.39 is 0 Å². The van der Waals surface area contributed by atoms with Crippen LogP contribution in [0.3, 0.4) is 0 Å². The molecule has 3 heterocycles. The van der Waals surface area contributed by atoms with Gasteiger partial charge in [-0.1, -0.05) is 38.1 Å². The highest BCUT2D eigenvalue weighted by Crippen LogP contribution is 2.22. The van der Waals surface area contributed by atoms with E-state index in [1.54, 1.807) is 23.3 Å². The number of nitrogens with one attached hydrogen (secondary N) is 1. The lowest BCUT2D eigenvalue weighted by atomic mass is 10.1. The summed E-state index contributed by atoms with van der Waals surface area (Å²) in [4.78, 5) is 21.5. The van der Waals surface area contributed by atoms with E-state index in [4.69, 9.17) is 4.74 Å². The predicted molar refractivity (Wildman–Crippen MR) is 122 cm³/mol. The highest BCUT2D eigenvalue weighted by molar-refractivity contribution is 5.95. The highest BCUT2D eigenvalue weighted by Gasteiger charge is 2.21. The normalized spacial score (nSPS) is 10.8. The third-order valence-electron chi connectivity index (χ3n) is 4.95. The molecule has 0 fully saturated rings. The Bertz CT molecular complexity index is 1160. The Hall–Kier alpha value is -4.00. The van der Waals surface area contributed by atoms with Crippen molar-refractivity contribution < 1.29 is 9.53 Å². The van der Waals surface area contributed by atoms with Gasteiger partial charge < -0.3 is 10.1 Å². The molecule has 0 radical (unpaired) electrons. The Labute approximate surface area is 187 Å². The van der Waals surface area contributed by atoms with Crippen LogP contribution in [0.25, 0.3) is 5.82 Å². The van der Waals surface area contributed by atoms with E-state index in [0.717, 1.165) is 22.7 Å². The lowest BCUT2D eigenvalue weighted by Crippen LogP contribution is -2.24. The number of hydrogen-bond acceptors (Lipinski definition) is 5. The summed E-state index contributed by atoms with van der Waals surface area (Å²) in [5.41, 5.74) is 3.24. The van der Waals surface area contributed by atoms with Gasteiger partial charge in [0.1, 0.15) is 12.4 Å². The summed E-state index contributed by atoms with van der Waals surface area (Å²) in [6.07, 6.45) is 5.06. The molecule has 1 amide bonds. The van der Waals surface area contributed by atoms with Gasteiger partial charge in [0, 0.05) is 18.9 Å². The van der Waals surface area contributed by atoms with Gasteiger partial charge in [0.05, 0.1) is 23.1 Å². The van der Waals surface area contributed by atoms with Gasteiger partial charge in [-0.05, 0) is 47.9 Å². The van der Waals surface area contributed by atoms with Crippen molar-refractivity contribution in [1.29, 1.82) is 0 Å². The first-order valence-corrected chi connectivity index (χ1v) is 10.5. The molecular formula is C25H25N5O2. The van der Waals surface area contributed by atoms with Crippen LogP contribution in [-0.4, -0.2) is 25.7 Å². The van der Waals surface area contributed by atoms with Crippen LogP contribution in [0.15, 0.2) is 79.3 Å². The van der Waals surface area contributed by atoms with Crippen LogP contribution < -0.4 is 10.1 Å². The molecule has 0 bridgehead atoms. The average Bonchev–Trinajstić information content (AvgIpc) is 3.29. The first-order valence-electron chi connectivity index (χ1n) is 10.5. The molecule has 0 aliphatic heterocycles. The fourth-order valence-corrected chi connectivity index (χ4v) is 3.37. The van der Waals surface area contributed by atoms with Gasteiger partial charge in [0.25, 0.3) is 5.91 Å². The maximum atomic E-state index is 12.9. The van der Waals surface area contributed by atoms with Crippen molar-refractivity contribution in [2.24, 2.45) is 0 Å². The number of carbonyl (C=O) groups excluding carboxylic acids is 1. The molecule has 162 valence electrons. The summed E-state index contributed by atoms with van der Waals surface area (Å²) in [6, 6.07) is 19.0. The number of amides is 1. The monoisotopic (exact) mass is 427 g/mol. The molecule has 1 N–H and O–H groups in total. The molecule has 0 spiro atoms. The van der Waals surface area contributed by atoms with Crippen molar-refractivity contribution >= 4 is 5.91 Å². The molecule has 0 saturated carbocycles. The Balaban J connectivity index is 1.39. The highest BCUT2D eigenvalue weighted by atomic mass is 16.5. The van der Waals surface area contributed by atoms with Crippen molar-refractivity contribution in [3.05, 3.63) is 102 Å². The van der Waals surface area contributed by atoms with E-state index in [0.29, 0.717) is 24.5 Å². The van der Waals surface area contributed by atoms with Crippen LogP contribution in [0.2, 0.25) is 0 Å². The topological polar surface area (TPSA) is 81.9 Å². The number of carbonyl (C=O) groups is 1. The molecule has 0 saturated heterocycles. The first-order chi connectivity index (χ1) is 15.6.